The lowest BCUT2D eigenvalue weighted by Gasteiger charge is -2.18. The van der Waals surface area contributed by atoms with E-state index in [1.165, 1.54) is 6.07 Å². The summed E-state index contributed by atoms with van der Waals surface area (Å²) in [6.45, 7) is 10.4. The molecule has 6 heteroatoms. The third-order valence-electron chi connectivity index (χ3n) is 4.00. The van der Waals surface area contributed by atoms with Gasteiger partial charge in [-0.3, -0.25) is 0 Å². The van der Waals surface area contributed by atoms with Crippen LogP contribution in [0.5, 0.6) is 0 Å². The number of fused-ring (bicyclic) bond motifs is 3. The molecular weight excluding hydrogens is 321 g/mol. The molecule has 3 nitrogen and oxygen atoms in total. The molecule has 3 aromatic rings. The van der Waals surface area contributed by atoms with Gasteiger partial charge in [0.15, 0.2) is 0 Å². The molecule has 0 saturated heterocycles. The zero-order valence-electron chi connectivity index (χ0n) is 13.1. The van der Waals surface area contributed by atoms with E-state index >= 15 is 0 Å². The van der Waals surface area contributed by atoms with Crippen molar-refractivity contribution in [3.63, 3.8) is 0 Å². The molecule has 0 bridgehead atoms. The first kappa shape index (κ1) is 17.2. The molecule has 0 spiro atoms. The van der Waals surface area contributed by atoms with E-state index in [2.05, 4.69) is 28.3 Å². The van der Waals surface area contributed by atoms with Gasteiger partial charge in [-0.15, -0.1) is 11.3 Å². The van der Waals surface area contributed by atoms with Crippen LogP contribution in [-0.4, -0.2) is 34.1 Å². The van der Waals surface area contributed by atoms with E-state index in [1.807, 2.05) is 13.0 Å². The number of aromatic nitrogens is 2. The molecule has 3 rings (SSSR count). The molecule has 120 valence electrons. The number of likely N-dealkylation sites (N-methyl/N-ethyl adjacent to an activating group) is 1. The van der Waals surface area contributed by atoms with Crippen molar-refractivity contribution in [3.05, 3.63) is 29.0 Å². The normalized spacial score (nSPS) is 11.5. The second-order valence-corrected chi connectivity index (χ2v) is 6.41. The molecule has 0 aliphatic carbocycles. The van der Waals surface area contributed by atoms with Crippen LogP contribution in [0.25, 0.3) is 21.3 Å². The average Bonchev–Trinajstić information content (AvgIpc) is 2.97. The van der Waals surface area contributed by atoms with Crippen LogP contribution in [0.4, 0.5) is 4.39 Å². The summed E-state index contributed by atoms with van der Waals surface area (Å²) in [7, 11) is 0. The first-order valence-electron chi connectivity index (χ1n) is 7.41. The summed E-state index contributed by atoms with van der Waals surface area (Å²) >= 11 is 1.69. The van der Waals surface area contributed by atoms with Crippen molar-refractivity contribution in [2.45, 2.75) is 27.3 Å². The number of thiazole rings is 1. The van der Waals surface area contributed by atoms with Crippen LogP contribution in [-0.2, 0) is 6.54 Å². The predicted molar refractivity (Wildman–Crippen MR) is 87.6 cm³/mol. The Labute approximate surface area is 140 Å². The number of aryl methyl sites for hydroxylation is 1. The second kappa shape index (κ2) is 6.94. The van der Waals surface area contributed by atoms with E-state index in [9.17, 15) is 4.39 Å². The van der Waals surface area contributed by atoms with Crippen LogP contribution in [0.2, 0.25) is 0 Å². The number of hydrogen-bond acceptors (Lipinski definition) is 3. The van der Waals surface area contributed by atoms with Crippen molar-refractivity contribution >= 4 is 32.6 Å². The monoisotopic (exact) mass is 340 g/mol. The molecular formula is C16H20ClFN3S-. The molecule has 0 aliphatic rings. The highest BCUT2D eigenvalue weighted by atomic mass is 35.5. The first-order valence-corrected chi connectivity index (χ1v) is 8.23. The third-order valence-corrected chi connectivity index (χ3v) is 4.99. The van der Waals surface area contributed by atoms with Gasteiger partial charge in [0.2, 0.25) is 0 Å². The Morgan fingerprint density at radius 2 is 2.00 bits per heavy atom. The zero-order valence-corrected chi connectivity index (χ0v) is 14.6. The minimum absolute atomic E-state index is 0. The van der Waals surface area contributed by atoms with Crippen molar-refractivity contribution < 1.29 is 16.8 Å². The number of halogens is 2. The van der Waals surface area contributed by atoms with Gasteiger partial charge in [-0.2, -0.15) is 0 Å². The smallest absolute Gasteiger partial charge is 0.124 e. The summed E-state index contributed by atoms with van der Waals surface area (Å²) in [4.78, 5) is 8.14. The van der Waals surface area contributed by atoms with E-state index in [4.69, 9.17) is 0 Å². The van der Waals surface area contributed by atoms with Crippen molar-refractivity contribution in [1.82, 2.24) is 14.5 Å². The summed E-state index contributed by atoms with van der Waals surface area (Å²) in [5.41, 5.74) is 2.02. The van der Waals surface area contributed by atoms with Crippen LogP contribution in [0.15, 0.2) is 18.2 Å². The van der Waals surface area contributed by atoms with Crippen LogP contribution in [0.3, 0.4) is 0 Å². The standard InChI is InChI=1S/C16H20FN3S.ClH/c1-4-19(5-2)8-9-20-14-7-6-12(17)10-13(14)15-16(20)21-11(3)18-15;/h6-7,10H,4-5,8-9H2,1-3H3;1H/p-1. The maximum absolute atomic E-state index is 13.6. The van der Waals surface area contributed by atoms with Gasteiger partial charge in [0.1, 0.15) is 16.2 Å². The lowest BCUT2D eigenvalue weighted by atomic mass is 10.2. The SMILES string of the molecule is CCN(CC)CCn1c2ccc(F)cc2c2nc(C)sc21.[Cl-]. The van der Waals surface area contributed by atoms with Gasteiger partial charge in [-0.1, -0.05) is 13.8 Å². The van der Waals surface area contributed by atoms with E-state index < -0.39 is 0 Å². The van der Waals surface area contributed by atoms with Crippen molar-refractivity contribution in [2.75, 3.05) is 19.6 Å². The fourth-order valence-electron chi connectivity index (χ4n) is 2.82. The minimum atomic E-state index is -0.198. The molecule has 0 unspecified atom stereocenters. The summed E-state index contributed by atoms with van der Waals surface area (Å²) < 4.78 is 15.8. The van der Waals surface area contributed by atoms with Crippen LogP contribution in [0, 0.1) is 12.7 Å². The number of benzene rings is 1. The lowest BCUT2D eigenvalue weighted by molar-refractivity contribution is -0.00000503. The molecule has 0 amide bonds. The maximum Gasteiger partial charge on any atom is 0.124 e. The number of rotatable bonds is 5. The fourth-order valence-corrected chi connectivity index (χ4v) is 3.79. The predicted octanol–water partition coefficient (Wildman–Crippen LogP) is 1.04. The van der Waals surface area contributed by atoms with Gasteiger partial charge < -0.3 is 21.9 Å². The Balaban J connectivity index is 0.00000176. The van der Waals surface area contributed by atoms with Gasteiger partial charge in [0.05, 0.1) is 10.5 Å². The average molecular weight is 341 g/mol. The lowest BCUT2D eigenvalue weighted by Crippen LogP contribution is -3.00. The highest BCUT2D eigenvalue weighted by Crippen LogP contribution is 2.32. The molecule has 2 heterocycles. The van der Waals surface area contributed by atoms with Crippen LogP contribution < -0.4 is 12.4 Å². The number of nitrogens with zero attached hydrogens (tertiary/aromatic N) is 3. The van der Waals surface area contributed by atoms with E-state index in [0.29, 0.717) is 0 Å². The third kappa shape index (κ3) is 2.98. The molecule has 22 heavy (non-hydrogen) atoms. The van der Waals surface area contributed by atoms with Crippen molar-refractivity contribution in [3.8, 4) is 0 Å². The summed E-state index contributed by atoms with van der Waals surface area (Å²) in [5, 5.41) is 1.96. The topological polar surface area (TPSA) is 21.1 Å². The summed E-state index contributed by atoms with van der Waals surface area (Å²) in [6, 6.07) is 5.01. The Morgan fingerprint density at radius 3 is 2.68 bits per heavy atom. The minimum Gasteiger partial charge on any atom is -1.00 e. The van der Waals surface area contributed by atoms with Gasteiger partial charge in [-0.25, -0.2) is 9.37 Å². The molecule has 0 atom stereocenters. The number of hydrogen-bond donors (Lipinski definition) is 0. The van der Waals surface area contributed by atoms with Gasteiger partial charge >= 0.3 is 0 Å². The Kier molecular flexibility index (Phi) is 5.42. The van der Waals surface area contributed by atoms with Gasteiger partial charge in [0, 0.05) is 18.5 Å². The summed E-state index contributed by atoms with van der Waals surface area (Å²) in [6.07, 6.45) is 0. The quantitative estimate of drug-likeness (QED) is 0.692. The van der Waals surface area contributed by atoms with Crippen LogP contribution >= 0.6 is 11.3 Å². The van der Waals surface area contributed by atoms with E-state index in [-0.39, 0.29) is 18.2 Å². The largest absolute Gasteiger partial charge is 1.00 e. The van der Waals surface area contributed by atoms with Gasteiger partial charge in [-0.05, 0) is 38.2 Å². The maximum atomic E-state index is 13.6. The molecule has 0 saturated carbocycles. The fraction of sp³-hybridized carbons (Fsp3) is 0.438. The Morgan fingerprint density at radius 1 is 1.27 bits per heavy atom. The highest BCUT2D eigenvalue weighted by molar-refractivity contribution is 7.18. The Bertz CT molecular complexity index is 776. The van der Waals surface area contributed by atoms with E-state index in [1.54, 1.807) is 17.4 Å². The molecule has 0 fully saturated rings. The molecule has 0 N–H and O–H groups in total. The molecule has 0 aliphatic heterocycles. The van der Waals surface area contributed by atoms with E-state index in [0.717, 1.165) is 52.4 Å². The molecule has 1 aromatic carbocycles. The molecule has 2 aromatic heterocycles. The Hall–Kier alpha value is -1.17. The summed E-state index contributed by atoms with van der Waals surface area (Å²) in [5.74, 6) is -0.198. The first-order chi connectivity index (χ1) is 10.1. The van der Waals surface area contributed by atoms with Crippen molar-refractivity contribution in [2.24, 2.45) is 0 Å². The highest BCUT2D eigenvalue weighted by Gasteiger charge is 2.15. The zero-order chi connectivity index (χ0) is 15.0. The van der Waals surface area contributed by atoms with Crippen LogP contribution in [0.1, 0.15) is 18.9 Å². The second-order valence-electron chi connectivity index (χ2n) is 5.23. The molecule has 0 radical (unpaired) electrons. The van der Waals surface area contributed by atoms with Crippen molar-refractivity contribution in [1.29, 1.82) is 0 Å². The van der Waals surface area contributed by atoms with Gasteiger partial charge in [0.25, 0.3) is 0 Å².